The molecule has 1 N–H and O–H groups in total. The Labute approximate surface area is 101 Å². The van der Waals surface area contributed by atoms with Gasteiger partial charge in [-0.2, -0.15) is 0 Å². The van der Waals surface area contributed by atoms with Crippen molar-refractivity contribution in [3.05, 3.63) is 22.4 Å². The molecule has 0 bridgehead atoms. The van der Waals surface area contributed by atoms with Crippen LogP contribution in [0, 0.1) is 0 Å². The minimum atomic E-state index is -0.164. The van der Waals surface area contributed by atoms with Gasteiger partial charge in [0.15, 0.2) is 0 Å². The molecule has 3 nitrogen and oxygen atoms in total. The summed E-state index contributed by atoms with van der Waals surface area (Å²) in [6.45, 7) is 6.96. The second-order valence-electron chi connectivity index (χ2n) is 4.93. The smallest absolute Gasteiger partial charge is 0.0940 e. The molecule has 4 heteroatoms. The number of aliphatic hydroxyl groups excluding tert-OH is 1. The minimum absolute atomic E-state index is 0.0521. The monoisotopic (exact) mass is 241 g/mol. The molecule has 0 aromatic carbocycles. The Balaban J connectivity index is 1.99. The fourth-order valence-electron chi connectivity index (χ4n) is 2.26. The second kappa shape index (κ2) is 4.84. The lowest BCUT2D eigenvalue weighted by atomic mass is 10.1. The first-order valence-corrected chi connectivity index (χ1v) is 6.50. The van der Waals surface area contributed by atoms with Gasteiger partial charge in [0.1, 0.15) is 0 Å². The highest BCUT2D eigenvalue weighted by atomic mass is 32.1. The topological polar surface area (TPSA) is 32.7 Å². The molecule has 1 aliphatic heterocycles. The lowest BCUT2D eigenvalue weighted by molar-refractivity contribution is -0.150. The SMILES string of the molecule is CC1(C)CN(Cc2cccs2)CC(CO)O1. The summed E-state index contributed by atoms with van der Waals surface area (Å²) in [5, 5.41) is 11.3. The molecule has 2 heterocycles. The Morgan fingerprint density at radius 3 is 3.06 bits per heavy atom. The standard InChI is InChI=1S/C12H19NO2S/c1-12(2)9-13(6-10(8-14)15-12)7-11-4-3-5-16-11/h3-5,10,14H,6-9H2,1-2H3. The molecule has 1 atom stereocenters. The van der Waals surface area contributed by atoms with Crippen molar-refractivity contribution in [1.82, 2.24) is 4.90 Å². The van der Waals surface area contributed by atoms with Crippen LogP contribution in [-0.4, -0.2) is 41.4 Å². The zero-order chi connectivity index (χ0) is 11.6. The molecule has 1 aromatic heterocycles. The summed E-state index contributed by atoms with van der Waals surface area (Å²) >= 11 is 1.78. The molecule has 0 radical (unpaired) electrons. The first-order valence-electron chi connectivity index (χ1n) is 5.62. The fraction of sp³-hybridized carbons (Fsp3) is 0.667. The molecule has 1 aliphatic rings. The van der Waals surface area contributed by atoms with Gasteiger partial charge in [-0.15, -0.1) is 11.3 Å². The third kappa shape index (κ3) is 3.04. The highest BCUT2D eigenvalue weighted by Gasteiger charge is 2.32. The molecule has 0 spiro atoms. The number of hydrogen-bond donors (Lipinski definition) is 1. The van der Waals surface area contributed by atoms with Crippen molar-refractivity contribution in [1.29, 1.82) is 0 Å². The van der Waals surface area contributed by atoms with Crippen LogP contribution in [0.3, 0.4) is 0 Å². The quantitative estimate of drug-likeness (QED) is 0.874. The van der Waals surface area contributed by atoms with Gasteiger partial charge in [0.25, 0.3) is 0 Å². The van der Waals surface area contributed by atoms with Crippen molar-refractivity contribution in [2.75, 3.05) is 19.7 Å². The number of aliphatic hydroxyl groups is 1. The van der Waals surface area contributed by atoms with E-state index in [0.717, 1.165) is 19.6 Å². The Bertz CT molecular complexity index is 324. The van der Waals surface area contributed by atoms with E-state index < -0.39 is 0 Å². The van der Waals surface area contributed by atoms with Crippen LogP contribution in [0.1, 0.15) is 18.7 Å². The van der Waals surface area contributed by atoms with E-state index in [1.807, 2.05) is 0 Å². The third-order valence-electron chi connectivity index (χ3n) is 2.72. The lowest BCUT2D eigenvalue weighted by Crippen LogP contribution is -2.53. The normalized spacial score (nSPS) is 25.8. The number of thiophene rings is 1. The summed E-state index contributed by atoms with van der Waals surface area (Å²) in [6, 6.07) is 4.23. The molecular weight excluding hydrogens is 222 g/mol. The van der Waals surface area contributed by atoms with Gasteiger partial charge in [0, 0.05) is 24.5 Å². The predicted molar refractivity (Wildman–Crippen MR) is 65.6 cm³/mol. The van der Waals surface area contributed by atoms with Crippen LogP contribution in [0.25, 0.3) is 0 Å². The van der Waals surface area contributed by atoms with Crippen molar-refractivity contribution < 1.29 is 9.84 Å². The number of rotatable bonds is 3. The Kier molecular flexibility index (Phi) is 3.64. The van der Waals surface area contributed by atoms with E-state index in [9.17, 15) is 5.11 Å². The van der Waals surface area contributed by atoms with E-state index in [-0.39, 0.29) is 18.3 Å². The number of nitrogens with zero attached hydrogens (tertiary/aromatic N) is 1. The van der Waals surface area contributed by atoms with Gasteiger partial charge in [-0.3, -0.25) is 4.90 Å². The lowest BCUT2D eigenvalue weighted by Gasteiger charge is -2.42. The van der Waals surface area contributed by atoms with Crippen LogP contribution in [0.5, 0.6) is 0 Å². The molecule has 1 aromatic rings. The van der Waals surface area contributed by atoms with Gasteiger partial charge in [0.2, 0.25) is 0 Å². The van der Waals surface area contributed by atoms with Gasteiger partial charge in [0.05, 0.1) is 18.3 Å². The summed E-state index contributed by atoms with van der Waals surface area (Å²) < 4.78 is 5.78. The maximum absolute atomic E-state index is 9.22. The van der Waals surface area contributed by atoms with Crippen LogP contribution in [0.4, 0.5) is 0 Å². The second-order valence-corrected chi connectivity index (χ2v) is 5.96. The Morgan fingerprint density at radius 2 is 2.44 bits per heavy atom. The molecule has 0 saturated carbocycles. The average Bonchev–Trinajstić information content (AvgIpc) is 2.67. The van der Waals surface area contributed by atoms with Crippen molar-refractivity contribution in [3.8, 4) is 0 Å². The molecule has 1 fully saturated rings. The summed E-state index contributed by atoms with van der Waals surface area (Å²) in [5.74, 6) is 0. The van der Waals surface area contributed by atoms with E-state index in [2.05, 4.69) is 36.3 Å². The number of hydrogen-bond acceptors (Lipinski definition) is 4. The van der Waals surface area contributed by atoms with E-state index in [1.54, 1.807) is 11.3 Å². The largest absolute Gasteiger partial charge is 0.394 e. The van der Waals surface area contributed by atoms with Crippen LogP contribution in [-0.2, 0) is 11.3 Å². The van der Waals surface area contributed by atoms with Crippen LogP contribution in [0.15, 0.2) is 17.5 Å². The summed E-state index contributed by atoms with van der Waals surface area (Å²) in [6.07, 6.45) is -0.0521. The average molecular weight is 241 g/mol. The van der Waals surface area contributed by atoms with E-state index in [0.29, 0.717) is 0 Å². The number of morpholine rings is 1. The molecule has 0 amide bonds. The van der Waals surface area contributed by atoms with Crippen LogP contribution >= 0.6 is 11.3 Å². The Morgan fingerprint density at radius 1 is 1.62 bits per heavy atom. The van der Waals surface area contributed by atoms with Gasteiger partial charge >= 0.3 is 0 Å². The maximum Gasteiger partial charge on any atom is 0.0940 e. The van der Waals surface area contributed by atoms with E-state index >= 15 is 0 Å². The van der Waals surface area contributed by atoms with Gasteiger partial charge in [-0.05, 0) is 25.3 Å². The fourth-order valence-corrected chi connectivity index (χ4v) is 3.00. The van der Waals surface area contributed by atoms with Gasteiger partial charge in [-0.25, -0.2) is 0 Å². The van der Waals surface area contributed by atoms with Crippen LogP contribution in [0.2, 0.25) is 0 Å². The molecule has 90 valence electrons. The third-order valence-corrected chi connectivity index (χ3v) is 3.58. The minimum Gasteiger partial charge on any atom is -0.394 e. The molecule has 1 saturated heterocycles. The van der Waals surface area contributed by atoms with E-state index in [1.165, 1.54) is 4.88 Å². The Hall–Kier alpha value is -0.420. The summed E-state index contributed by atoms with van der Waals surface area (Å²) in [4.78, 5) is 3.73. The number of ether oxygens (including phenoxy) is 1. The molecule has 0 aliphatic carbocycles. The van der Waals surface area contributed by atoms with Crippen molar-refractivity contribution in [2.24, 2.45) is 0 Å². The molecular formula is C12H19NO2S. The van der Waals surface area contributed by atoms with Gasteiger partial charge in [-0.1, -0.05) is 6.07 Å². The predicted octanol–water partition coefficient (Wildman–Crippen LogP) is 1.72. The molecule has 1 unspecified atom stereocenters. The van der Waals surface area contributed by atoms with E-state index in [4.69, 9.17) is 4.74 Å². The summed E-state index contributed by atoms with van der Waals surface area (Å²) in [7, 11) is 0. The van der Waals surface area contributed by atoms with Crippen molar-refractivity contribution >= 4 is 11.3 Å². The first-order chi connectivity index (χ1) is 7.59. The first kappa shape index (κ1) is 12.0. The zero-order valence-electron chi connectivity index (χ0n) is 9.85. The van der Waals surface area contributed by atoms with Crippen molar-refractivity contribution in [2.45, 2.75) is 32.1 Å². The molecule has 16 heavy (non-hydrogen) atoms. The zero-order valence-corrected chi connectivity index (χ0v) is 10.7. The summed E-state index contributed by atoms with van der Waals surface area (Å²) in [5.41, 5.74) is -0.164. The highest BCUT2D eigenvalue weighted by Crippen LogP contribution is 2.23. The highest BCUT2D eigenvalue weighted by molar-refractivity contribution is 7.09. The maximum atomic E-state index is 9.22. The van der Waals surface area contributed by atoms with Gasteiger partial charge < -0.3 is 9.84 Å². The van der Waals surface area contributed by atoms with Crippen LogP contribution < -0.4 is 0 Å². The molecule has 2 rings (SSSR count). The van der Waals surface area contributed by atoms with Crippen molar-refractivity contribution in [3.63, 3.8) is 0 Å².